The van der Waals surface area contributed by atoms with Gasteiger partial charge in [0.25, 0.3) is 0 Å². The van der Waals surface area contributed by atoms with Crippen molar-refractivity contribution in [2.75, 3.05) is 5.32 Å². The molecule has 0 radical (unpaired) electrons. The Balaban J connectivity index is 1.70. The topological polar surface area (TPSA) is 76.5 Å². The second kappa shape index (κ2) is 7.48. The highest BCUT2D eigenvalue weighted by molar-refractivity contribution is 5.66. The van der Waals surface area contributed by atoms with E-state index in [1.807, 2.05) is 42.5 Å². The zero-order valence-electron chi connectivity index (χ0n) is 13.9. The van der Waals surface area contributed by atoms with Gasteiger partial charge in [0.15, 0.2) is 5.82 Å². The first-order valence-electron chi connectivity index (χ1n) is 8.21. The third kappa shape index (κ3) is 3.70. The molecule has 6 nitrogen and oxygen atoms in total. The molecule has 0 amide bonds. The molecule has 4 rings (SSSR count). The van der Waals surface area contributed by atoms with Crippen LogP contribution in [0.3, 0.4) is 0 Å². The molecule has 6 heteroatoms. The van der Waals surface area contributed by atoms with Gasteiger partial charge in [0.2, 0.25) is 0 Å². The summed E-state index contributed by atoms with van der Waals surface area (Å²) in [6.45, 7) is 0.651. The average molecular weight is 340 g/mol. The van der Waals surface area contributed by atoms with Gasteiger partial charge in [-0.2, -0.15) is 0 Å². The Morgan fingerprint density at radius 3 is 2.15 bits per heavy atom. The van der Waals surface area contributed by atoms with Gasteiger partial charge >= 0.3 is 0 Å². The van der Waals surface area contributed by atoms with Crippen molar-refractivity contribution in [2.45, 2.75) is 6.54 Å². The van der Waals surface area contributed by atoms with Gasteiger partial charge in [0, 0.05) is 60.9 Å². The number of aromatic nitrogens is 5. The fraction of sp³-hybridized carbons (Fsp3) is 0.0500. The van der Waals surface area contributed by atoms with E-state index in [-0.39, 0.29) is 0 Å². The van der Waals surface area contributed by atoms with Gasteiger partial charge in [-0.25, -0.2) is 9.97 Å². The van der Waals surface area contributed by atoms with Crippen molar-refractivity contribution in [1.29, 1.82) is 0 Å². The van der Waals surface area contributed by atoms with Crippen LogP contribution in [0.25, 0.3) is 22.6 Å². The van der Waals surface area contributed by atoms with E-state index in [2.05, 4.69) is 30.2 Å². The van der Waals surface area contributed by atoms with Gasteiger partial charge in [-0.05, 0) is 42.0 Å². The number of hydrogen-bond donors (Lipinski definition) is 1. The molecule has 0 aliphatic carbocycles. The lowest BCUT2D eigenvalue weighted by Crippen LogP contribution is -2.04. The Morgan fingerprint density at radius 2 is 1.46 bits per heavy atom. The normalized spacial score (nSPS) is 10.5. The molecule has 0 unspecified atom stereocenters. The van der Waals surface area contributed by atoms with E-state index in [0.29, 0.717) is 12.4 Å². The fourth-order valence-corrected chi connectivity index (χ4v) is 2.52. The molecular weight excluding hydrogens is 324 g/mol. The van der Waals surface area contributed by atoms with Crippen LogP contribution >= 0.6 is 0 Å². The van der Waals surface area contributed by atoms with Gasteiger partial charge in [-0.3, -0.25) is 15.0 Å². The number of hydrogen-bond acceptors (Lipinski definition) is 6. The monoisotopic (exact) mass is 340 g/mol. The van der Waals surface area contributed by atoms with Crippen LogP contribution in [-0.2, 0) is 6.54 Å². The minimum absolute atomic E-state index is 0.622. The van der Waals surface area contributed by atoms with E-state index < -0.39 is 0 Å². The molecule has 4 aromatic heterocycles. The van der Waals surface area contributed by atoms with Crippen LogP contribution in [-0.4, -0.2) is 24.9 Å². The number of pyridine rings is 3. The highest BCUT2D eigenvalue weighted by atomic mass is 15.0. The Bertz CT molecular complexity index is 917. The summed E-state index contributed by atoms with van der Waals surface area (Å²) >= 11 is 0. The lowest BCUT2D eigenvalue weighted by molar-refractivity contribution is 1.08. The Labute approximate surface area is 151 Å². The quantitative estimate of drug-likeness (QED) is 0.598. The Hall–Kier alpha value is -3.67. The molecule has 0 spiro atoms. The first-order valence-corrected chi connectivity index (χ1v) is 8.21. The van der Waals surface area contributed by atoms with Crippen LogP contribution in [0.2, 0.25) is 0 Å². The number of anilines is 1. The molecule has 0 aliphatic heterocycles. The average Bonchev–Trinajstić information content (AvgIpc) is 2.74. The van der Waals surface area contributed by atoms with E-state index in [9.17, 15) is 0 Å². The number of nitrogens with zero attached hydrogens (tertiary/aromatic N) is 5. The molecule has 4 heterocycles. The SMILES string of the molecule is c1cncc(-c2cc(NCc3ccncc3)nc(-c3cccnc3)n2)c1. The van der Waals surface area contributed by atoms with Gasteiger partial charge in [0.05, 0.1) is 5.69 Å². The zero-order chi connectivity index (χ0) is 17.6. The van der Waals surface area contributed by atoms with E-state index in [0.717, 1.165) is 28.2 Å². The molecule has 0 atom stereocenters. The van der Waals surface area contributed by atoms with Gasteiger partial charge in [-0.15, -0.1) is 0 Å². The van der Waals surface area contributed by atoms with Crippen molar-refractivity contribution in [3.8, 4) is 22.6 Å². The molecule has 1 N–H and O–H groups in total. The highest BCUT2D eigenvalue weighted by Gasteiger charge is 2.09. The predicted molar refractivity (Wildman–Crippen MR) is 100 cm³/mol. The van der Waals surface area contributed by atoms with Crippen LogP contribution in [0.4, 0.5) is 5.82 Å². The summed E-state index contributed by atoms with van der Waals surface area (Å²) < 4.78 is 0. The van der Waals surface area contributed by atoms with Crippen LogP contribution in [0.1, 0.15) is 5.56 Å². The molecule has 126 valence electrons. The van der Waals surface area contributed by atoms with Crippen LogP contribution in [0.5, 0.6) is 0 Å². The van der Waals surface area contributed by atoms with E-state index in [4.69, 9.17) is 0 Å². The van der Waals surface area contributed by atoms with Crippen LogP contribution in [0.15, 0.2) is 79.6 Å². The van der Waals surface area contributed by atoms with Gasteiger partial charge < -0.3 is 5.32 Å². The maximum Gasteiger partial charge on any atom is 0.163 e. The van der Waals surface area contributed by atoms with Gasteiger partial charge in [-0.1, -0.05) is 0 Å². The summed E-state index contributed by atoms with van der Waals surface area (Å²) in [5.41, 5.74) is 3.74. The maximum atomic E-state index is 4.69. The second-order valence-electron chi connectivity index (χ2n) is 5.65. The molecule has 4 aromatic rings. The summed E-state index contributed by atoms with van der Waals surface area (Å²) in [7, 11) is 0. The van der Waals surface area contributed by atoms with Crippen molar-refractivity contribution in [2.24, 2.45) is 0 Å². The third-order valence-corrected chi connectivity index (χ3v) is 3.83. The van der Waals surface area contributed by atoms with Crippen LogP contribution in [0, 0.1) is 0 Å². The molecule has 0 saturated heterocycles. The summed E-state index contributed by atoms with van der Waals surface area (Å²) in [5.74, 6) is 1.37. The smallest absolute Gasteiger partial charge is 0.163 e. The second-order valence-corrected chi connectivity index (χ2v) is 5.65. The largest absolute Gasteiger partial charge is 0.366 e. The summed E-state index contributed by atoms with van der Waals surface area (Å²) in [6.07, 6.45) is 10.6. The summed E-state index contributed by atoms with van der Waals surface area (Å²) in [6, 6.07) is 13.6. The van der Waals surface area contributed by atoms with Crippen molar-refractivity contribution in [3.05, 3.63) is 85.2 Å². The number of rotatable bonds is 5. The zero-order valence-corrected chi connectivity index (χ0v) is 13.9. The Morgan fingerprint density at radius 1 is 0.731 bits per heavy atom. The standard InChI is InChI=1S/C20H16N6/c1-3-16(13-22-7-1)18-11-19(24-12-15-5-9-21-10-6-15)26-20(25-18)17-4-2-8-23-14-17/h1-11,13-14H,12H2,(H,24,25,26). The lowest BCUT2D eigenvalue weighted by atomic mass is 10.2. The number of nitrogens with one attached hydrogen (secondary N) is 1. The molecule has 26 heavy (non-hydrogen) atoms. The third-order valence-electron chi connectivity index (χ3n) is 3.83. The minimum Gasteiger partial charge on any atom is -0.366 e. The van der Waals surface area contributed by atoms with E-state index in [1.54, 1.807) is 37.2 Å². The molecular formula is C20H16N6. The van der Waals surface area contributed by atoms with Crippen molar-refractivity contribution in [3.63, 3.8) is 0 Å². The highest BCUT2D eigenvalue weighted by Crippen LogP contribution is 2.23. The van der Waals surface area contributed by atoms with Crippen molar-refractivity contribution < 1.29 is 0 Å². The lowest BCUT2D eigenvalue weighted by Gasteiger charge is -2.10. The van der Waals surface area contributed by atoms with E-state index in [1.165, 1.54) is 0 Å². The van der Waals surface area contributed by atoms with Crippen molar-refractivity contribution >= 4 is 5.82 Å². The molecule has 0 fully saturated rings. The van der Waals surface area contributed by atoms with E-state index >= 15 is 0 Å². The first-order chi connectivity index (χ1) is 12.9. The molecule has 0 saturated carbocycles. The molecule has 0 bridgehead atoms. The van der Waals surface area contributed by atoms with Crippen LogP contribution < -0.4 is 5.32 Å². The maximum absolute atomic E-state index is 4.69. The molecule has 0 aromatic carbocycles. The predicted octanol–water partition coefficient (Wildman–Crippen LogP) is 3.61. The van der Waals surface area contributed by atoms with Gasteiger partial charge in [0.1, 0.15) is 5.82 Å². The summed E-state index contributed by atoms with van der Waals surface area (Å²) in [4.78, 5) is 21.7. The molecule has 0 aliphatic rings. The summed E-state index contributed by atoms with van der Waals surface area (Å²) in [5, 5.41) is 3.36. The van der Waals surface area contributed by atoms with Crippen molar-refractivity contribution in [1.82, 2.24) is 24.9 Å². The first kappa shape index (κ1) is 15.8. The fourth-order valence-electron chi connectivity index (χ4n) is 2.52. The Kier molecular flexibility index (Phi) is 4.56. The minimum atomic E-state index is 0.622.